The minimum atomic E-state index is -0.417. The van der Waals surface area contributed by atoms with Crippen molar-refractivity contribution in [3.8, 4) is 11.3 Å². The summed E-state index contributed by atoms with van der Waals surface area (Å²) < 4.78 is 15.4. The molecule has 176 valence electrons. The predicted molar refractivity (Wildman–Crippen MR) is 134 cm³/mol. The second-order valence-corrected chi connectivity index (χ2v) is 9.43. The predicted octanol–water partition coefficient (Wildman–Crippen LogP) is 4.79. The molecule has 0 radical (unpaired) electrons. The number of aromatic nitrogens is 3. The maximum atomic E-state index is 15.4. The molecule has 0 fully saturated rings. The van der Waals surface area contributed by atoms with Crippen LogP contribution in [-0.4, -0.2) is 53.2 Å². The van der Waals surface area contributed by atoms with Crippen molar-refractivity contribution in [1.29, 1.82) is 0 Å². The first-order valence-electron chi connectivity index (χ1n) is 12.0. The molecule has 0 bridgehead atoms. The Bertz CT molecular complexity index is 1390. The molecule has 4 aromatic rings. The van der Waals surface area contributed by atoms with Crippen molar-refractivity contribution in [2.45, 2.75) is 39.0 Å². The van der Waals surface area contributed by atoms with Crippen LogP contribution in [0.2, 0.25) is 0 Å². The van der Waals surface area contributed by atoms with Crippen LogP contribution in [0, 0.1) is 12.7 Å². The van der Waals surface area contributed by atoms with E-state index in [0.717, 1.165) is 71.7 Å². The normalized spacial score (nSPS) is 13.9. The van der Waals surface area contributed by atoms with Gasteiger partial charge in [-0.2, -0.15) is 5.10 Å². The van der Waals surface area contributed by atoms with E-state index >= 15 is 4.39 Å². The Hall–Kier alpha value is -3.32. The van der Waals surface area contributed by atoms with Crippen LogP contribution >= 0.6 is 0 Å². The highest BCUT2D eigenvalue weighted by molar-refractivity contribution is 6.09. The molecular weight excluding hydrogens is 429 g/mol. The van der Waals surface area contributed by atoms with Crippen LogP contribution in [-0.2, 0) is 12.8 Å². The number of halogens is 1. The molecule has 1 aliphatic carbocycles. The highest BCUT2D eigenvalue weighted by Gasteiger charge is 2.23. The van der Waals surface area contributed by atoms with Gasteiger partial charge in [-0.25, -0.2) is 9.37 Å². The van der Waals surface area contributed by atoms with E-state index in [4.69, 9.17) is 4.98 Å². The summed E-state index contributed by atoms with van der Waals surface area (Å²) in [6.45, 7) is 3.27. The Morgan fingerprint density at radius 2 is 1.82 bits per heavy atom. The van der Waals surface area contributed by atoms with Gasteiger partial charge in [0, 0.05) is 40.7 Å². The number of carbonyl (C=O) groups excluding carboxylic acids is 1. The van der Waals surface area contributed by atoms with E-state index in [2.05, 4.69) is 15.5 Å². The zero-order valence-corrected chi connectivity index (χ0v) is 20.0. The molecule has 0 saturated carbocycles. The summed E-state index contributed by atoms with van der Waals surface area (Å²) in [5, 5.41) is 12.6. The molecule has 2 heterocycles. The summed E-state index contributed by atoms with van der Waals surface area (Å²) in [4.78, 5) is 19.5. The number of nitrogens with zero attached hydrogens (tertiary/aromatic N) is 3. The minimum Gasteiger partial charge on any atom is -0.351 e. The fraction of sp³-hybridized carbons (Fsp3) is 0.370. The Balaban J connectivity index is 1.61. The van der Waals surface area contributed by atoms with E-state index < -0.39 is 5.82 Å². The number of H-pyrrole nitrogens is 1. The molecule has 34 heavy (non-hydrogen) atoms. The van der Waals surface area contributed by atoms with Gasteiger partial charge in [0.15, 0.2) is 0 Å². The second-order valence-electron chi connectivity index (χ2n) is 9.43. The van der Waals surface area contributed by atoms with Gasteiger partial charge in [0.25, 0.3) is 5.91 Å². The molecule has 1 aliphatic rings. The number of rotatable bonds is 5. The maximum absolute atomic E-state index is 15.4. The first-order valence-corrected chi connectivity index (χ1v) is 12.0. The average molecular weight is 460 g/mol. The van der Waals surface area contributed by atoms with E-state index in [1.807, 2.05) is 38.1 Å². The number of aromatic amines is 1. The van der Waals surface area contributed by atoms with Crippen molar-refractivity contribution >= 4 is 27.7 Å². The van der Waals surface area contributed by atoms with Crippen LogP contribution < -0.4 is 5.32 Å². The van der Waals surface area contributed by atoms with Crippen LogP contribution in [0.15, 0.2) is 30.3 Å². The number of hydrogen-bond donors (Lipinski definition) is 2. The SMILES string of the molecule is Cc1[nH]nc2ccc3nc(-c4ccc(C(=O)NCCN(C)C)cc4F)c4c(c3c12)CCCCC4. The Morgan fingerprint density at radius 1 is 1.06 bits per heavy atom. The second kappa shape index (κ2) is 9.14. The summed E-state index contributed by atoms with van der Waals surface area (Å²) in [7, 11) is 3.89. The zero-order chi connectivity index (χ0) is 23.8. The van der Waals surface area contributed by atoms with Crippen molar-refractivity contribution < 1.29 is 9.18 Å². The van der Waals surface area contributed by atoms with Gasteiger partial charge in [0.1, 0.15) is 5.82 Å². The maximum Gasteiger partial charge on any atom is 0.251 e. The molecule has 2 aromatic heterocycles. The van der Waals surface area contributed by atoms with E-state index in [-0.39, 0.29) is 5.91 Å². The number of nitrogens with one attached hydrogen (secondary N) is 2. The van der Waals surface area contributed by atoms with Crippen molar-refractivity contribution in [3.05, 3.63) is 58.5 Å². The molecule has 0 spiro atoms. The van der Waals surface area contributed by atoms with Gasteiger partial charge >= 0.3 is 0 Å². The first-order chi connectivity index (χ1) is 16.4. The lowest BCUT2D eigenvalue weighted by Crippen LogP contribution is -2.31. The molecular formula is C27H30FN5O. The number of likely N-dealkylation sites (N-methyl/N-ethyl adjacent to an activating group) is 1. The summed E-state index contributed by atoms with van der Waals surface area (Å²) in [5.74, 6) is -0.686. The molecule has 6 nitrogen and oxygen atoms in total. The zero-order valence-electron chi connectivity index (χ0n) is 20.0. The summed E-state index contributed by atoms with van der Waals surface area (Å²) >= 11 is 0. The number of amides is 1. The van der Waals surface area contributed by atoms with Crippen LogP contribution in [0.3, 0.4) is 0 Å². The summed E-state index contributed by atoms with van der Waals surface area (Å²) in [5.41, 5.74) is 6.67. The third-order valence-electron chi connectivity index (χ3n) is 6.75. The molecule has 5 rings (SSSR count). The smallest absolute Gasteiger partial charge is 0.251 e. The topological polar surface area (TPSA) is 73.9 Å². The fourth-order valence-electron chi connectivity index (χ4n) is 5.03. The number of carbonyl (C=O) groups is 1. The largest absolute Gasteiger partial charge is 0.351 e. The van der Waals surface area contributed by atoms with Crippen LogP contribution in [0.5, 0.6) is 0 Å². The van der Waals surface area contributed by atoms with Crippen LogP contribution in [0.1, 0.15) is 46.4 Å². The molecule has 1 amide bonds. The number of aryl methyl sites for hydroxylation is 2. The summed E-state index contributed by atoms with van der Waals surface area (Å²) in [6, 6.07) is 8.69. The molecule has 0 saturated heterocycles. The summed E-state index contributed by atoms with van der Waals surface area (Å²) in [6.07, 6.45) is 5.12. The van der Waals surface area contributed by atoms with E-state index in [9.17, 15) is 4.79 Å². The number of pyridine rings is 1. The van der Waals surface area contributed by atoms with E-state index in [1.165, 1.54) is 11.6 Å². The lowest BCUT2D eigenvalue weighted by atomic mass is 9.91. The molecule has 0 unspecified atom stereocenters. The third-order valence-corrected chi connectivity index (χ3v) is 6.75. The lowest BCUT2D eigenvalue weighted by molar-refractivity contribution is 0.0950. The van der Waals surface area contributed by atoms with E-state index in [1.54, 1.807) is 12.1 Å². The molecule has 2 aromatic carbocycles. The fourth-order valence-corrected chi connectivity index (χ4v) is 5.03. The van der Waals surface area contributed by atoms with Gasteiger partial charge in [-0.15, -0.1) is 0 Å². The first kappa shape index (κ1) is 22.5. The Labute approximate surface area is 198 Å². The molecule has 2 N–H and O–H groups in total. The number of benzene rings is 2. The van der Waals surface area contributed by atoms with Crippen LogP contribution in [0.4, 0.5) is 4.39 Å². The van der Waals surface area contributed by atoms with Gasteiger partial charge < -0.3 is 10.2 Å². The number of hydrogen-bond acceptors (Lipinski definition) is 4. The standard InChI is InChI=1S/C27H30FN5O/c1-16-24-23(32-31-16)12-11-22-25(24)18-7-5-4-6-8-19(18)26(30-22)20-10-9-17(15-21(20)28)27(34)29-13-14-33(2)3/h9-12,15H,4-8,13-14H2,1-3H3,(H,29,34)(H,31,32). The van der Waals surface area contributed by atoms with Crippen LogP contribution in [0.25, 0.3) is 33.1 Å². The van der Waals surface area contributed by atoms with Gasteiger partial charge in [-0.3, -0.25) is 9.89 Å². The van der Waals surface area contributed by atoms with Crippen molar-refractivity contribution in [3.63, 3.8) is 0 Å². The Morgan fingerprint density at radius 3 is 2.59 bits per heavy atom. The Kier molecular flexibility index (Phi) is 6.04. The molecule has 0 atom stereocenters. The third kappa shape index (κ3) is 4.05. The molecule has 0 aliphatic heterocycles. The van der Waals surface area contributed by atoms with Gasteiger partial charge in [0.05, 0.1) is 16.7 Å². The lowest BCUT2D eigenvalue weighted by Gasteiger charge is -2.17. The van der Waals surface area contributed by atoms with E-state index in [0.29, 0.717) is 23.4 Å². The van der Waals surface area contributed by atoms with Gasteiger partial charge in [0.2, 0.25) is 0 Å². The quantitative estimate of drug-likeness (QED) is 0.421. The minimum absolute atomic E-state index is 0.268. The van der Waals surface area contributed by atoms with Gasteiger partial charge in [-0.1, -0.05) is 6.42 Å². The molecule has 7 heteroatoms. The van der Waals surface area contributed by atoms with Crippen molar-refractivity contribution in [2.24, 2.45) is 0 Å². The highest BCUT2D eigenvalue weighted by atomic mass is 19.1. The highest BCUT2D eigenvalue weighted by Crippen LogP contribution is 2.38. The number of fused-ring (bicyclic) bond motifs is 5. The average Bonchev–Trinajstić information content (AvgIpc) is 3.02. The van der Waals surface area contributed by atoms with Crippen molar-refractivity contribution in [1.82, 2.24) is 25.4 Å². The van der Waals surface area contributed by atoms with Crippen molar-refractivity contribution in [2.75, 3.05) is 27.2 Å². The van der Waals surface area contributed by atoms with Gasteiger partial charge in [-0.05, 0) is 88.2 Å². The monoisotopic (exact) mass is 459 g/mol.